The number of aromatic nitrogens is 1. The molecule has 0 bridgehead atoms. The summed E-state index contributed by atoms with van der Waals surface area (Å²) in [5.41, 5.74) is 0.952. The van der Waals surface area contributed by atoms with Crippen molar-refractivity contribution in [1.82, 2.24) is 4.98 Å². The van der Waals surface area contributed by atoms with Gasteiger partial charge in [0.2, 0.25) is 0 Å². The zero-order valence-corrected chi connectivity index (χ0v) is 13.8. The SMILES string of the molecule is COC(=O)C(=O)/C=C(\O)c1ccc(OCC(C)C)c2ncccc12. The maximum atomic E-state index is 11.6. The molecule has 0 saturated heterocycles. The fourth-order valence-corrected chi connectivity index (χ4v) is 2.10. The van der Waals surface area contributed by atoms with E-state index in [1.807, 2.05) is 13.8 Å². The number of carbonyl (C=O) groups is 2. The van der Waals surface area contributed by atoms with E-state index >= 15 is 0 Å². The zero-order chi connectivity index (χ0) is 17.7. The number of ketones is 1. The molecule has 0 amide bonds. The van der Waals surface area contributed by atoms with Crippen LogP contribution in [0.3, 0.4) is 0 Å². The molecular formula is C18H19NO5. The third kappa shape index (κ3) is 3.90. The highest BCUT2D eigenvalue weighted by molar-refractivity contribution is 6.39. The van der Waals surface area contributed by atoms with Crippen LogP contribution >= 0.6 is 0 Å². The first-order valence-corrected chi connectivity index (χ1v) is 7.48. The smallest absolute Gasteiger partial charge is 0.378 e. The summed E-state index contributed by atoms with van der Waals surface area (Å²) in [7, 11) is 1.10. The molecule has 0 spiro atoms. The average Bonchev–Trinajstić information content (AvgIpc) is 2.58. The molecular weight excluding hydrogens is 310 g/mol. The normalized spacial score (nSPS) is 11.6. The highest BCUT2D eigenvalue weighted by atomic mass is 16.5. The van der Waals surface area contributed by atoms with E-state index in [4.69, 9.17) is 4.74 Å². The highest BCUT2D eigenvalue weighted by Gasteiger charge is 2.16. The van der Waals surface area contributed by atoms with Crippen LogP contribution in [0.15, 0.2) is 36.5 Å². The van der Waals surface area contributed by atoms with Gasteiger partial charge in [-0.05, 0) is 24.1 Å². The second kappa shape index (κ2) is 7.59. The Balaban J connectivity index is 2.46. The molecule has 0 atom stereocenters. The number of hydrogen-bond donors (Lipinski definition) is 1. The van der Waals surface area contributed by atoms with E-state index in [1.165, 1.54) is 0 Å². The van der Waals surface area contributed by atoms with Crippen LogP contribution in [-0.2, 0) is 14.3 Å². The summed E-state index contributed by atoms with van der Waals surface area (Å²) in [5.74, 6) is -1.36. The Hall–Kier alpha value is -2.89. The molecule has 1 aromatic heterocycles. The number of methoxy groups -OCH3 is 1. The van der Waals surface area contributed by atoms with Crippen LogP contribution in [0.4, 0.5) is 0 Å². The summed E-state index contributed by atoms with van der Waals surface area (Å²) in [4.78, 5) is 27.1. The molecule has 126 valence electrons. The van der Waals surface area contributed by atoms with Gasteiger partial charge in [0.05, 0.1) is 13.7 Å². The van der Waals surface area contributed by atoms with Crippen molar-refractivity contribution < 1.29 is 24.2 Å². The molecule has 6 heteroatoms. The molecule has 0 radical (unpaired) electrons. The molecule has 6 nitrogen and oxygen atoms in total. The monoisotopic (exact) mass is 329 g/mol. The van der Waals surface area contributed by atoms with Crippen LogP contribution in [0, 0.1) is 5.92 Å². The predicted octanol–water partition coefficient (Wildman–Crippen LogP) is 2.91. The summed E-state index contributed by atoms with van der Waals surface area (Å²) >= 11 is 0. The lowest BCUT2D eigenvalue weighted by atomic mass is 10.0. The number of carbonyl (C=O) groups excluding carboxylic acids is 2. The molecule has 0 saturated carbocycles. The molecule has 1 aromatic carbocycles. The van der Waals surface area contributed by atoms with Gasteiger partial charge < -0.3 is 14.6 Å². The summed E-state index contributed by atoms with van der Waals surface area (Å²) in [5, 5.41) is 10.8. The van der Waals surface area contributed by atoms with Gasteiger partial charge in [-0.3, -0.25) is 9.78 Å². The van der Waals surface area contributed by atoms with E-state index in [2.05, 4.69) is 9.72 Å². The molecule has 0 aliphatic heterocycles. The van der Waals surface area contributed by atoms with Crippen molar-refractivity contribution in [2.24, 2.45) is 5.92 Å². The van der Waals surface area contributed by atoms with Gasteiger partial charge in [-0.25, -0.2) is 4.79 Å². The topological polar surface area (TPSA) is 85.7 Å². The highest BCUT2D eigenvalue weighted by Crippen LogP contribution is 2.30. The predicted molar refractivity (Wildman–Crippen MR) is 89.7 cm³/mol. The summed E-state index contributed by atoms with van der Waals surface area (Å²) in [6, 6.07) is 6.77. The van der Waals surface area contributed by atoms with Gasteiger partial charge in [0.1, 0.15) is 17.0 Å². The third-order valence-corrected chi connectivity index (χ3v) is 3.24. The van der Waals surface area contributed by atoms with Gasteiger partial charge in [0, 0.05) is 23.2 Å². The maximum Gasteiger partial charge on any atom is 0.378 e. The van der Waals surface area contributed by atoms with Crippen LogP contribution in [0.5, 0.6) is 5.75 Å². The Kier molecular flexibility index (Phi) is 5.52. The summed E-state index contributed by atoms with van der Waals surface area (Å²) in [6.07, 6.45) is 2.46. The van der Waals surface area contributed by atoms with Crippen molar-refractivity contribution in [1.29, 1.82) is 0 Å². The van der Waals surface area contributed by atoms with Crippen LogP contribution in [0.1, 0.15) is 19.4 Å². The van der Waals surface area contributed by atoms with E-state index in [9.17, 15) is 14.7 Å². The molecule has 2 rings (SSSR count). The van der Waals surface area contributed by atoms with Crippen molar-refractivity contribution in [3.8, 4) is 5.75 Å². The van der Waals surface area contributed by atoms with Crippen molar-refractivity contribution in [3.63, 3.8) is 0 Å². The van der Waals surface area contributed by atoms with Crippen LogP contribution in [0.2, 0.25) is 0 Å². The molecule has 1 heterocycles. The van der Waals surface area contributed by atoms with Gasteiger partial charge >= 0.3 is 5.97 Å². The molecule has 0 fully saturated rings. The minimum Gasteiger partial charge on any atom is -0.507 e. The number of fused-ring (bicyclic) bond motifs is 1. The van der Waals surface area contributed by atoms with Crippen LogP contribution in [-0.4, -0.2) is 35.6 Å². The van der Waals surface area contributed by atoms with Gasteiger partial charge in [-0.2, -0.15) is 0 Å². The molecule has 1 N–H and O–H groups in total. The first-order valence-electron chi connectivity index (χ1n) is 7.48. The van der Waals surface area contributed by atoms with Gasteiger partial charge in [0.25, 0.3) is 5.78 Å². The Morgan fingerprint density at radius 3 is 2.71 bits per heavy atom. The van der Waals surface area contributed by atoms with E-state index < -0.39 is 11.8 Å². The maximum absolute atomic E-state index is 11.6. The minimum absolute atomic E-state index is 0.334. The van der Waals surface area contributed by atoms with Gasteiger partial charge in [0.15, 0.2) is 0 Å². The molecule has 0 aliphatic rings. The van der Waals surface area contributed by atoms with Crippen molar-refractivity contribution in [3.05, 3.63) is 42.1 Å². The van der Waals surface area contributed by atoms with Crippen molar-refractivity contribution in [2.75, 3.05) is 13.7 Å². The summed E-state index contributed by atoms with van der Waals surface area (Å²) < 4.78 is 10.1. The number of aliphatic hydroxyl groups is 1. The van der Waals surface area contributed by atoms with Gasteiger partial charge in [-0.1, -0.05) is 19.9 Å². The summed E-state index contributed by atoms with van der Waals surface area (Å²) in [6.45, 7) is 4.61. The first kappa shape index (κ1) is 17.5. The largest absolute Gasteiger partial charge is 0.507 e. The zero-order valence-electron chi connectivity index (χ0n) is 13.8. The number of benzene rings is 1. The number of esters is 1. The molecule has 0 aliphatic carbocycles. The quantitative estimate of drug-likeness (QED) is 0.379. The van der Waals surface area contributed by atoms with Crippen LogP contribution < -0.4 is 4.74 Å². The second-order valence-corrected chi connectivity index (χ2v) is 5.60. The number of nitrogens with zero attached hydrogens (tertiary/aromatic N) is 1. The lowest BCUT2D eigenvalue weighted by molar-refractivity contribution is -0.149. The van der Waals surface area contributed by atoms with Crippen LogP contribution in [0.25, 0.3) is 16.7 Å². The Labute approximate surface area is 139 Å². The molecule has 24 heavy (non-hydrogen) atoms. The van der Waals surface area contributed by atoms with E-state index in [-0.39, 0.29) is 5.76 Å². The first-order chi connectivity index (χ1) is 11.4. The Bertz CT molecular complexity index is 795. The van der Waals surface area contributed by atoms with Gasteiger partial charge in [-0.15, -0.1) is 0 Å². The average molecular weight is 329 g/mol. The number of aliphatic hydroxyl groups excluding tert-OH is 1. The molecule has 0 unspecified atom stereocenters. The number of rotatable bonds is 6. The van der Waals surface area contributed by atoms with E-state index in [0.717, 1.165) is 13.2 Å². The fraction of sp³-hybridized carbons (Fsp3) is 0.278. The minimum atomic E-state index is -1.04. The van der Waals surface area contributed by atoms with E-state index in [1.54, 1.807) is 30.5 Å². The van der Waals surface area contributed by atoms with Crippen molar-refractivity contribution in [2.45, 2.75) is 13.8 Å². The second-order valence-electron chi connectivity index (χ2n) is 5.60. The van der Waals surface area contributed by atoms with Crippen molar-refractivity contribution >= 4 is 28.4 Å². The lowest BCUT2D eigenvalue weighted by Crippen LogP contribution is -2.13. The molecule has 2 aromatic rings. The lowest BCUT2D eigenvalue weighted by Gasteiger charge is -2.12. The fourth-order valence-electron chi connectivity index (χ4n) is 2.10. The Morgan fingerprint density at radius 2 is 2.04 bits per heavy atom. The number of ether oxygens (including phenoxy) is 2. The third-order valence-electron chi connectivity index (χ3n) is 3.24. The number of pyridine rings is 1. The Morgan fingerprint density at radius 1 is 1.29 bits per heavy atom. The number of hydrogen-bond acceptors (Lipinski definition) is 6. The van der Waals surface area contributed by atoms with E-state index in [0.29, 0.717) is 34.7 Å². The standard InChI is InChI=1S/C18H19NO5/c1-11(2)10-24-16-7-6-12(13-5-4-8-19-17(13)16)14(20)9-15(21)18(22)23-3/h4-9,11,20H,10H2,1-3H3/b14-9-.